The number of carbonyl (C=O) groups is 1. The average Bonchev–Trinajstić information content (AvgIpc) is 2.46. The summed E-state index contributed by atoms with van der Waals surface area (Å²) in [6, 6.07) is 4.95. The van der Waals surface area contributed by atoms with Crippen molar-refractivity contribution in [3.63, 3.8) is 0 Å². The maximum atomic E-state index is 11.5. The molecule has 1 aromatic carbocycles. The molecule has 0 spiro atoms. The molecule has 0 aromatic heterocycles. The number of aliphatic hydroxyl groups excluding tert-OH is 1. The predicted molar refractivity (Wildman–Crippen MR) is 70.3 cm³/mol. The Morgan fingerprint density at radius 1 is 1.21 bits per heavy atom. The molecule has 0 saturated heterocycles. The number of methoxy groups -OCH3 is 3. The third-order valence-corrected chi connectivity index (χ3v) is 2.75. The second-order valence-corrected chi connectivity index (χ2v) is 3.75. The normalized spacial score (nSPS) is 12.8. The summed E-state index contributed by atoms with van der Waals surface area (Å²) in [6.45, 7) is 1.66. The summed E-state index contributed by atoms with van der Waals surface area (Å²) in [4.78, 5) is 11.5. The van der Waals surface area contributed by atoms with Crippen molar-refractivity contribution in [3.05, 3.63) is 35.4 Å². The minimum atomic E-state index is -1.07. The Hall–Kier alpha value is -2.01. The lowest BCUT2D eigenvalue weighted by Crippen LogP contribution is -2.13. The molecule has 0 aliphatic rings. The standard InChI is InChI=1S/C14H18O5/c1-5-10(14(16)19-4)13(15)9-6-7-11(17-2)12(8-9)18-3/h5-8,13,15H,1-4H3/b10-5+. The Bertz CT molecular complexity index is 479. The molecule has 0 amide bonds. The second-order valence-electron chi connectivity index (χ2n) is 3.75. The zero-order valence-corrected chi connectivity index (χ0v) is 11.5. The van der Waals surface area contributed by atoms with Crippen LogP contribution in [-0.4, -0.2) is 32.4 Å². The molecule has 0 heterocycles. The SMILES string of the molecule is C/C=C(/C(=O)OC)C(O)c1ccc(OC)c(OC)c1. The monoisotopic (exact) mass is 266 g/mol. The van der Waals surface area contributed by atoms with E-state index >= 15 is 0 Å². The number of rotatable bonds is 5. The lowest BCUT2D eigenvalue weighted by atomic mass is 10.0. The van der Waals surface area contributed by atoms with Crippen LogP contribution in [0.2, 0.25) is 0 Å². The number of benzene rings is 1. The fraction of sp³-hybridized carbons (Fsp3) is 0.357. The van der Waals surface area contributed by atoms with Crippen LogP contribution in [0.1, 0.15) is 18.6 Å². The van der Waals surface area contributed by atoms with E-state index in [9.17, 15) is 9.90 Å². The van der Waals surface area contributed by atoms with Crippen molar-refractivity contribution in [1.29, 1.82) is 0 Å². The van der Waals surface area contributed by atoms with Gasteiger partial charge in [0.05, 0.1) is 26.9 Å². The Labute approximate surface area is 112 Å². The van der Waals surface area contributed by atoms with Crippen molar-refractivity contribution in [3.8, 4) is 11.5 Å². The molecule has 0 aliphatic carbocycles. The summed E-state index contributed by atoms with van der Waals surface area (Å²) in [6.07, 6.45) is 0.449. The average molecular weight is 266 g/mol. The maximum absolute atomic E-state index is 11.5. The van der Waals surface area contributed by atoms with E-state index < -0.39 is 12.1 Å². The molecule has 1 atom stereocenters. The van der Waals surface area contributed by atoms with Crippen LogP contribution in [-0.2, 0) is 9.53 Å². The van der Waals surface area contributed by atoms with E-state index in [1.165, 1.54) is 27.4 Å². The largest absolute Gasteiger partial charge is 0.493 e. The summed E-state index contributed by atoms with van der Waals surface area (Å²) in [5.41, 5.74) is 0.700. The van der Waals surface area contributed by atoms with Gasteiger partial charge in [-0.2, -0.15) is 0 Å². The van der Waals surface area contributed by atoms with Crippen LogP contribution in [0.15, 0.2) is 29.8 Å². The first-order valence-corrected chi connectivity index (χ1v) is 5.73. The van der Waals surface area contributed by atoms with Crippen molar-refractivity contribution in [1.82, 2.24) is 0 Å². The molecule has 0 radical (unpaired) electrons. The Morgan fingerprint density at radius 2 is 1.84 bits per heavy atom. The zero-order chi connectivity index (χ0) is 14.4. The molecule has 1 unspecified atom stereocenters. The number of ether oxygens (including phenoxy) is 3. The molecule has 0 bridgehead atoms. The Kier molecular flexibility index (Phi) is 5.38. The van der Waals surface area contributed by atoms with Crippen LogP contribution in [0.25, 0.3) is 0 Å². The highest BCUT2D eigenvalue weighted by atomic mass is 16.5. The van der Waals surface area contributed by atoms with E-state index in [0.717, 1.165) is 0 Å². The molecule has 104 valence electrons. The summed E-state index contributed by atoms with van der Waals surface area (Å²) < 4.78 is 14.9. The van der Waals surface area contributed by atoms with Gasteiger partial charge in [-0.25, -0.2) is 4.79 Å². The summed E-state index contributed by atoms with van der Waals surface area (Å²) in [5.74, 6) is 0.475. The summed E-state index contributed by atoms with van der Waals surface area (Å²) >= 11 is 0. The van der Waals surface area contributed by atoms with Gasteiger partial charge in [0.25, 0.3) is 0 Å². The van der Waals surface area contributed by atoms with Gasteiger partial charge in [-0.15, -0.1) is 0 Å². The van der Waals surface area contributed by atoms with Gasteiger partial charge in [0, 0.05) is 0 Å². The van der Waals surface area contributed by atoms with Gasteiger partial charge in [-0.3, -0.25) is 0 Å². The lowest BCUT2D eigenvalue weighted by molar-refractivity contribution is -0.137. The molecule has 1 rings (SSSR count). The van der Waals surface area contributed by atoms with Crippen molar-refractivity contribution < 1.29 is 24.1 Å². The van der Waals surface area contributed by atoms with Crippen LogP contribution in [0.4, 0.5) is 0 Å². The van der Waals surface area contributed by atoms with Crippen LogP contribution in [0, 0.1) is 0 Å². The zero-order valence-electron chi connectivity index (χ0n) is 11.5. The van der Waals surface area contributed by atoms with E-state index in [0.29, 0.717) is 17.1 Å². The van der Waals surface area contributed by atoms with E-state index in [2.05, 4.69) is 4.74 Å². The van der Waals surface area contributed by atoms with Crippen LogP contribution < -0.4 is 9.47 Å². The first-order chi connectivity index (χ1) is 9.08. The third kappa shape index (κ3) is 3.26. The van der Waals surface area contributed by atoms with E-state index in [-0.39, 0.29) is 5.57 Å². The van der Waals surface area contributed by atoms with Gasteiger partial charge in [0.15, 0.2) is 11.5 Å². The number of hydrogen-bond acceptors (Lipinski definition) is 5. The van der Waals surface area contributed by atoms with Crippen molar-refractivity contribution >= 4 is 5.97 Å². The molecular formula is C14H18O5. The topological polar surface area (TPSA) is 65.0 Å². The fourth-order valence-corrected chi connectivity index (χ4v) is 1.71. The fourth-order valence-electron chi connectivity index (χ4n) is 1.71. The first-order valence-electron chi connectivity index (χ1n) is 5.73. The van der Waals surface area contributed by atoms with Crippen LogP contribution in [0.5, 0.6) is 11.5 Å². The van der Waals surface area contributed by atoms with Crippen molar-refractivity contribution in [2.24, 2.45) is 0 Å². The number of hydrogen-bond donors (Lipinski definition) is 1. The number of carbonyl (C=O) groups excluding carboxylic acids is 1. The van der Waals surface area contributed by atoms with E-state index in [4.69, 9.17) is 9.47 Å². The first kappa shape index (κ1) is 15.0. The molecule has 1 N–H and O–H groups in total. The number of esters is 1. The number of allylic oxidation sites excluding steroid dienone is 1. The van der Waals surface area contributed by atoms with Gasteiger partial charge in [-0.05, 0) is 24.6 Å². The molecule has 19 heavy (non-hydrogen) atoms. The third-order valence-electron chi connectivity index (χ3n) is 2.75. The maximum Gasteiger partial charge on any atom is 0.336 e. The lowest BCUT2D eigenvalue weighted by Gasteiger charge is -2.15. The van der Waals surface area contributed by atoms with Crippen LogP contribution in [0.3, 0.4) is 0 Å². The molecule has 0 fully saturated rings. The highest BCUT2D eigenvalue weighted by Gasteiger charge is 2.21. The Morgan fingerprint density at radius 3 is 2.32 bits per heavy atom. The predicted octanol–water partition coefficient (Wildman–Crippen LogP) is 1.86. The quantitative estimate of drug-likeness (QED) is 0.651. The molecule has 1 aromatic rings. The van der Waals surface area contributed by atoms with E-state index in [1.807, 2.05) is 0 Å². The Balaban J connectivity index is 3.12. The van der Waals surface area contributed by atoms with Gasteiger partial charge in [0.2, 0.25) is 0 Å². The minimum Gasteiger partial charge on any atom is -0.493 e. The number of aliphatic hydroxyl groups is 1. The van der Waals surface area contributed by atoms with Gasteiger partial charge >= 0.3 is 5.97 Å². The van der Waals surface area contributed by atoms with Gasteiger partial charge in [-0.1, -0.05) is 12.1 Å². The molecule has 0 saturated carbocycles. The highest BCUT2D eigenvalue weighted by Crippen LogP contribution is 2.32. The van der Waals surface area contributed by atoms with Crippen molar-refractivity contribution in [2.45, 2.75) is 13.0 Å². The highest BCUT2D eigenvalue weighted by molar-refractivity contribution is 5.89. The summed E-state index contributed by atoms with van der Waals surface area (Å²) in [5, 5.41) is 10.2. The van der Waals surface area contributed by atoms with Gasteiger partial charge < -0.3 is 19.3 Å². The van der Waals surface area contributed by atoms with Crippen LogP contribution >= 0.6 is 0 Å². The minimum absolute atomic E-state index is 0.176. The van der Waals surface area contributed by atoms with Gasteiger partial charge in [0.1, 0.15) is 6.10 Å². The molecular weight excluding hydrogens is 248 g/mol. The smallest absolute Gasteiger partial charge is 0.336 e. The van der Waals surface area contributed by atoms with E-state index in [1.54, 1.807) is 25.1 Å². The molecule has 5 heteroatoms. The molecule has 0 aliphatic heterocycles. The second kappa shape index (κ2) is 6.80. The molecule has 5 nitrogen and oxygen atoms in total. The van der Waals surface area contributed by atoms with Crippen molar-refractivity contribution in [2.75, 3.05) is 21.3 Å². The summed E-state index contributed by atoms with van der Waals surface area (Å²) in [7, 11) is 4.30.